The first-order valence-corrected chi connectivity index (χ1v) is 7.05. The average Bonchev–Trinajstić information content (AvgIpc) is 2.66. The molecule has 2 rings (SSSR count). The van der Waals surface area contributed by atoms with Gasteiger partial charge in [0.2, 0.25) is 0 Å². The highest BCUT2D eigenvalue weighted by Gasteiger charge is 2.12. The van der Waals surface area contributed by atoms with Crippen LogP contribution in [0.4, 0.5) is 5.69 Å². The molecule has 0 aliphatic carbocycles. The van der Waals surface area contributed by atoms with E-state index in [1.807, 2.05) is 26.0 Å². The Morgan fingerprint density at radius 2 is 1.79 bits per heavy atom. The van der Waals surface area contributed by atoms with Crippen molar-refractivity contribution in [2.75, 3.05) is 5.32 Å². The standard InChI is InChI=1S/C13H11BrCl2N2O/c1-6-3-8(4-7(2)11(6)14)17-13(19)10-5-9(15)12(16)18-10/h3-5,18H,1-2H3,(H,17,19). The van der Waals surface area contributed by atoms with Gasteiger partial charge in [-0.1, -0.05) is 39.1 Å². The lowest BCUT2D eigenvalue weighted by Gasteiger charge is -2.09. The lowest BCUT2D eigenvalue weighted by molar-refractivity contribution is 0.102. The van der Waals surface area contributed by atoms with Crippen LogP contribution in [0.3, 0.4) is 0 Å². The van der Waals surface area contributed by atoms with Crippen molar-refractivity contribution in [3.63, 3.8) is 0 Å². The minimum atomic E-state index is -0.282. The second-order valence-electron chi connectivity index (χ2n) is 4.22. The minimum Gasteiger partial charge on any atom is -0.340 e. The van der Waals surface area contributed by atoms with Gasteiger partial charge in [0.1, 0.15) is 10.8 Å². The van der Waals surface area contributed by atoms with E-state index in [0.29, 0.717) is 10.7 Å². The van der Waals surface area contributed by atoms with Crippen LogP contribution in [0.15, 0.2) is 22.7 Å². The largest absolute Gasteiger partial charge is 0.340 e. The number of hydrogen-bond donors (Lipinski definition) is 2. The van der Waals surface area contributed by atoms with E-state index in [4.69, 9.17) is 23.2 Å². The Labute approximate surface area is 129 Å². The summed E-state index contributed by atoms with van der Waals surface area (Å²) < 4.78 is 1.04. The highest BCUT2D eigenvalue weighted by Crippen LogP contribution is 2.26. The molecule has 0 spiro atoms. The summed E-state index contributed by atoms with van der Waals surface area (Å²) in [6, 6.07) is 5.28. The van der Waals surface area contributed by atoms with Crippen LogP contribution in [0, 0.1) is 13.8 Å². The van der Waals surface area contributed by atoms with E-state index in [2.05, 4.69) is 26.2 Å². The molecule has 1 aromatic carbocycles. The van der Waals surface area contributed by atoms with Crippen LogP contribution in [0.5, 0.6) is 0 Å². The van der Waals surface area contributed by atoms with Crippen molar-refractivity contribution in [3.8, 4) is 0 Å². The predicted octanol–water partition coefficient (Wildman–Crippen LogP) is 4.95. The van der Waals surface area contributed by atoms with Gasteiger partial charge >= 0.3 is 0 Å². The molecule has 1 aromatic heterocycles. The van der Waals surface area contributed by atoms with E-state index < -0.39 is 0 Å². The lowest BCUT2D eigenvalue weighted by atomic mass is 10.1. The molecule has 0 unspecified atom stereocenters. The third-order valence-electron chi connectivity index (χ3n) is 2.66. The van der Waals surface area contributed by atoms with Gasteiger partial charge in [-0.05, 0) is 43.2 Å². The molecule has 0 bridgehead atoms. The Morgan fingerprint density at radius 1 is 1.21 bits per heavy atom. The van der Waals surface area contributed by atoms with Crippen LogP contribution in [0.1, 0.15) is 21.6 Å². The number of anilines is 1. The van der Waals surface area contributed by atoms with E-state index in [0.717, 1.165) is 21.3 Å². The number of carbonyl (C=O) groups excluding carboxylic acids is 1. The number of rotatable bonds is 2. The molecule has 2 N–H and O–H groups in total. The first-order valence-electron chi connectivity index (χ1n) is 5.50. The number of aromatic amines is 1. The van der Waals surface area contributed by atoms with Crippen molar-refractivity contribution in [2.24, 2.45) is 0 Å². The summed E-state index contributed by atoms with van der Waals surface area (Å²) in [6.07, 6.45) is 0. The SMILES string of the molecule is Cc1cc(NC(=O)c2cc(Cl)c(Cl)[nH]2)cc(C)c1Br. The maximum Gasteiger partial charge on any atom is 0.272 e. The molecule has 3 nitrogen and oxygen atoms in total. The quantitative estimate of drug-likeness (QED) is 0.780. The van der Waals surface area contributed by atoms with Crippen molar-refractivity contribution < 1.29 is 4.79 Å². The van der Waals surface area contributed by atoms with Gasteiger partial charge in [0.05, 0.1) is 5.02 Å². The van der Waals surface area contributed by atoms with Gasteiger partial charge in [0.25, 0.3) is 5.91 Å². The van der Waals surface area contributed by atoms with Gasteiger partial charge < -0.3 is 10.3 Å². The van der Waals surface area contributed by atoms with Crippen molar-refractivity contribution in [3.05, 3.63) is 49.7 Å². The average molecular weight is 362 g/mol. The molecule has 1 amide bonds. The van der Waals surface area contributed by atoms with Gasteiger partial charge in [0.15, 0.2) is 0 Å². The van der Waals surface area contributed by atoms with E-state index >= 15 is 0 Å². The number of hydrogen-bond acceptors (Lipinski definition) is 1. The van der Waals surface area contributed by atoms with Gasteiger partial charge in [-0.3, -0.25) is 4.79 Å². The van der Waals surface area contributed by atoms with Gasteiger partial charge in [-0.15, -0.1) is 0 Å². The molecule has 19 heavy (non-hydrogen) atoms. The molecule has 6 heteroatoms. The number of carbonyl (C=O) groups is 1. The first kappa shape index (κ1) is 14.4. The third kappa shape index (κ3) is 3.14. The Morgan fingerprint density at radius 3 is 2.26 bits per heavy atom. The smallest absolute Gasteiger partial charge is 0.272 e. The van der Waals surface area contributed by atoms with Crippen LogP contribution < -0.4 is 5.32 Å². The summed E-state index contributed by atoms with van der Waals surface area (Å²) in [7, 11) is 0. The van der Waals surface area contributed by atoms with Crippen LogP contribution in [-0.2, 0) is 0 Å². The normalized spacial score (nSPS) is 10.6. The molecule has 0 aliphatic heterocycles. The zero-order valence-corrected chi connectivity index (χ0v) is 13.4. The number of halogens is 3. The Balaban J connectivity index is 2.24. The van der Waals surface area contributed by atoms with E-state index in [1.165, 1.54) is 6.07 Å². The Hall–Kier alpha value is -0.970. The fourth-order valence-corrected chi connectivity index (χ4v) is 2.28. The zero-order valence-electron chi connectivity index (χ0n) is 10.3. The zero-order chi connectivity index (χ0) is 14.2. The number of H-pyrrole nitrogens is 1. The van der Waals surface area contributed by atoms with Crippen LogP contribution in [-0.4, -0.2) is 10.9 Å². The van der Waals surface area contributed by atoms with Crippen molar-refractivity contribution in [1.29, 1.82) is 0 Å². The summed E-state index contributed by atoms with van der Waals surface area (Å²) in [4.78, 5) is 14.7. The topological polar surface area (TPSA) is 44.9 Å². The molecule has 0 saturated carbocycles. The molecule has 1 heterocycles. The number of amides is 1. The summed E-state index contributed by atoms with van der Waals surface area (Å²) in [5, 5.41) is 3.39. The van der Waals surface area contributed by atoms with Gasteiger partial charge in [-0.25, -0.2) is 0 Å². The predicted molar refractivity (Wildman–Crippen MR) is 82.4 cm³/mol. The Kier molecular flexibility index (Phi) is 4.23. The number of nitrogens with one attached hydrogen (secondary N) is 2. The molecular formula is C13H11BrCl2N2O. The summed E-state index contributed by atoms with van der Waals surface area (Å²) in [6.45, 7) is 3.93. The highest BCUT2D eigenvalue weighted by molar-refractivity contribution is 9.10. The van der Waals surface area contributed by atoms with Crippen LogP contribution in [0.25, 0.3) is 0 Å². The molecular weight excluding hydrogens is 351 g/mol. The number of benzene rings is 1. The van der Waals surface area contributed by atoms with E-state index in [1.54, 1.807) is 0 Å². The second kappa shape index (κ2) is 5.57. The highest BCUT2D eigenvalue weighted by atomic mass is 79.9. The van der Waals surface area contributed by atoms with Crippen molar-refractivity contribution in [2.45, 2.75) is 13.8 Å². The van der Waals surface area contributed by atoms with Crippen molar-refractivity contribution >= 4 is 50.7 Å². The summed E-state index contributed by atoms with van der Waals surface area (Å²) in [5.41, 5.74) is 3.16. The molecule has 0 aliphatic rings. The molecule has 100 valence electrons. The van der Waals surface area contributed by atoms with E-state index in [-0.39, 0.29) is 11.1 Å². The van der Waals surface area contributed by atoms with Gasteiger partial charge in [-0.2, -0.15) is 0 Å². The number of aryl methyl sites for hydroxylation is 2. The maximum atomic E-state index is 12.0. The molecule has 0 fully saturated rings. The third-order valence-corrected chi connectivity index (χ3v) is 4.61. The monoisotopic (exact) mass is 360 g/mol. The molecule has 0 atom stereocenters. The van der Waals surface area contributed by atoms with Gasteiger partial charge in [0, 0.05) is 10.2 Å². The fourth-order valence-electron chi connectivity index (χ4n) is 1.74. The lowest BCUT2D eigenvalue weighted by Crippen LogP contribution is -2.12. The molecule has 0 radical (unpaired) electrons. The Bertz CT molecular complexity index is 610. The minimum absolute atomic E-state index is 0.259. The number of aromatic nitrogens is 1. The molecule has 2 aromatic rings. The second-order valence-corrected chi connectivity index (χ2v) is 5.80. The van der Waals surface area contributed by atoms with Crippen molar-refractivity contribution in [1.82, 2.24) is 4.98 Å². The summed E-state index contributed by atoms with van der Waals surface area (Å²) in [5.74, 6) is -0.282. The molecule has 0 saturated heterocycles. The van der Waals surface area contributed by atoms with E-state index in [9.17, 15) is 4.79 Å². The van der Waals surface area contributed by atoms with Crippen LogP contribution >= 0.6 is 39.1 Å². The van der Waals surface area contributed by atoms with Crippen LogP contribution in [0.2, 0.25) is 10.2 Å². The maximum absolute atomic E-state index is 12.0. The fraction of sp³-hybridized carbons (Fsp3) is 0.154. The summed E-state index contributed by atoms with van der Waals surface area (Å²) >= 11 is 15.1. The first-order chi connectivity index (χ1) is 8.88.